The van der Waals surface area contributed by atoms with E-state index in [9.17, 15) is 4.79 Å². The van der Waals surface area contributed by atoms with Crippen molar-refractivity contribution < 1.29 is 9.53 Å². The van der Waals surface area contributed by atoms with Crippen molar-refractivity contribution in [2.75, 3.05) is 11.4 Å². The summed E-state index contributed by atoms with van der Waals surface area (Å²) in [7, 11) is 0. The van der Waals surface area contributed by atoms with Gasteiger partial charge in [-0.05, 0) is 61.9 Å². The number of fused-ring (bicyclic) bond motifs is 3. The summed E-state index contributed by atoms with van der Waals surface area (Å²) >= 11 is 0. The molecule has 2 unspecified atom stereocenters. The number of hydrogen-bond donors (Lipinski definition) is 0. The van der Waals surface area contributed by atoms with Crippen LogP contribution in [0.2, 0.25) is 0 Å². The van der Waals surface area contributed by atoms with Crippen LogP contribution in [0.3, 0.4) is 0 Å². The summed E-state index contributed by atoms with van der Waals surface area (Å²) in [6, 6.07) is 6.57. The lowest BCUT2D eigenvalue weighted by atomic mass is 9.97. The van der Waals surface area contributed by atoms with Gasteiger partial charge in [0.25, 0.3) is 0 Å². The molecule has 2 atom stereocenters. The van der Waals surface area contributed by atoms with Crippen molar-refractivity contribution in [3.63, 3.8) is 0 Å². The van der Waals surface area contributed by atoms with E-state index in [1.807, 2.05) is 23.4 Å². The van der Waals surface area contributed by atoms with Crippen LogP contribution < -0.4 is 4.90 Å². The lowest BCUT2D eigenvalue weighted by molar-refractivity contribution is 0.124. The van der Waals surface area contributed by atoms with Gasteiger partial charge in [0.15, 0.2) is 0 Å². The minimum atomic E-state index is -0.188. The van der Waals surface area contributed by atoms with Gasteiger partial charge in [0.05, 0.1) is 29.7 Å². The number of cyclic esters (lactones) is 1. The number of hydrogen-bond acceptors (Lipinski definition) is 5. The molecule has 1 fully saturated rings. The molecule has 1 saturated heterocycles. The van der Waals surface area contributed by atoms with Crippen molar-refractivity contribution in [3.8, 4) is 0 Å². The molecule has 0 bridgehead atoms. The second-order valence-electron chi connectivity index (χ2n) is 9.09. The summed E-state index contributed by atoms with van der Waals surface area (Å²) in [6.07, 6.45) is 9.40. The second-order valence-corrected chi connectivity index (χ2v) is 9.09. The normalized spacial score (nSPS) is 21.8. The number of allylic oxidation sites excluding steroid dienone is 1. The highest BCUT2D eigenvalue weighted by atomic mass is 16.6. The number of ether oxygens (including phenoxy) is 1. The molecule has 1 amide bonds. The highest BCUT2D eigenvalue weighted by Gasteiger charge is 2.47. The average Bonchev–Trinajstić information content (AvgIpc) is 3.44. The van der Waals surface area contributed by atoms with E-state index in [2.05, 4.69) is 41.5 Å². The third-order valence-corrected chi connectivity index (χ3v) is 7.02. The van der Waals surface area contributed by atoms with E-state index in [-0.39, 0.29) is 18.2 Å². The molecule has 2 aromatic rings. The fraction of sp³-hybridized carbons (Fsp3) is 0.520. The third-order valence-electron chi connectivity index (χ3n) is 7.02. The van der Waals surface area contributed by atoms with E-state index in [0.29, 0.717) is 6.54 Å². The first-order chi connectivity index (χ1) is 15.6. The summed E-state index contributed by atoms with van der Waals surface area (Å²) in [5.74, 6) is 0.933. The summed E-state index contributed by atoms with van der Waals surface area (Å²) in [4.78, 5) is 19.2. The molecule has 4 heterocycles. The third kappa shape index (κ3) is 3.63. The monoisotopic (exact) mass is 433 g/mol. The van der Waals surface area contributed by atoms with E-state index < -0.39 is 0 Å². The standard InChI is InChI=1S/C25H31N5O2/c1-4-5-6-7-8-23-22-14-20-13-18(9-11-21(20)29(22)25(31)32-23)19-10-12-24(26-15-19)30-17(3)16(2)27-28-30/h9-11,13,22-23H,4-8,12,14-15H2,1-3H3. The van der Waals surface area contributed by atoms with Crippen molar-refractivity contribution in [2.24, 2.45) is 4.99 Å². The number of rotatable bonds is 6. The molecule has 3 aliphatic heterocycles. The predicted octanol–water partition coefficient (Wildman–Crippen LogP) is 4.85. The van der Waals surface area contributed by atoms with Gasteiger partial charge in [-0.1, -0.05) is 43.5 Å². The van der Waals surface area contributed by atoms with E-state index >= 15 is 0 Å². The van der Waals surface area contributed by atoms with E-state index in [1.165, 1.54) is 36.0 Å². The van der Waals surface area contributed by atoms with Crippen LogP contribution in [-0.2, 0) is 11.2 Å². The van der Waals surface area contributed by atoms with Gasteiger partial charge in [-0.2, -0.15) is 0 Å². The zero-order valence-electron chi connectivity index (χ0n) is 19.2. The molecule has 1 aromatic carbocycles. The van der Waals surface area contributed by atoms with Gasteiger partial charge in [-0.25, -0.2) is 9.48 Å². The van der Waals surface area contributed by atoms with Gasteiger partial charge in [0.1, 0.15) is 11.9 Å². The highest BCUT2D eigenvalue weighted by molar-refractivity contribution is 5.95. The van der Waals surface area contributed by atoms with Crippen molar-refractivity contribution in [1.82, 2.24) is 15.0 Å². The molecule has 32 heavy (non-hydrogen) atoms. The first-order valence-corrected chi connectivity index (χ1v) is 11.8. The topological polar surface area (TPSA) is 72.6 Å². The Morgan fingerprint density at radius 2 is 2.06 bits per heavy atom. The number of carbonyl (C=O) groups is 1. The van der Waals surface area contributed by atoms with Gasteiger partial charge < -0.3 is 4.74 Å². The summed E-state index contributed by atoms with van der Waals surface area (Å²) in [5.41, 5.74) is 6.62. The smallest absolute Gasteiger partial charge is 0.415 e. The average molecular weight is 434 g/mol. The number of nitrogens with zero attached hydrogens (tertiary/aromatic N) is 5. The first kappa shape index (κ1) is 20.9. The number of carbonyl (C=O) groups excluding carboxylic acids is 1. The van der Waals surface area contributed by atoms with E-state index in [0.717, 1.165) is 48.6 Å². The van der Waals surface area contributed by atoms with Crippen LogP contribution in [0.15, 0.2) is 29.3 Å². The maximum atomic E-state index is 12.6. The molecule has 168 valence electrons. The van der Waals surface area contributed by atoms with Gasteiger partial charge in [-0.15, -0.1) is 5.10 Å². The second kappa shape index (κ2) is 8.52. The number of aryl methyl sites for hydroxylation is 1. The van der Waals surface area contributed by atoms with Crippen LogP contribution in [0.4, 0.5) is 10.5 Å². The zero-order valence-corrected chi connectivity index (χ0v) is 19.2. The van der Waals surface area contributed by atoms with Crippen molar-refractivity contribution in [1.29, 1.82) is 0 Å². The minimum absolute atomic E-state index is 0.00522. The Balaban J connectivity index is 1.29. The maximum Gasteiger partial charge on any atom is 0.415 e. The van der Waals surface area contributed by atoms with E-state index in [1.54, 1.807) is 0 Å². The molecule has 1 aromatic heterocycles. The fourth-order valence-corrected chi connectivity index (χ4v) is 5.03. The summed E-state index contributed by atoms with van der Waals surface area (Å²) in [5, 5.41) is 8.36. The number of unbranched alkanes of at least 4 members (excludes halogenated alkanes) is 3. The molecule has 7 heteroatoms. The summed E-state index contributed by atoms with van der Waals surface area (Å²) in [6.45, 7) is 6.82. The van der Waals surface area contributed by atoms with Crippen LogP contribution in [0, 0.1) is 13.8 Å². The van der Waals surface area contributed by atoms with Crippen molar-refractivity contribution >= 4 is 23.2 Å². The molecule has 5 rings (SSSR count). The van der Waals surface area contributed by atoms with Gasteiger partial charge in [0, 0.05) is 6.42 Å². The molecule has 0 spiro atoms. The Hall–Kier alpha value is -2.96. The SMILES string of the molecule is CCCCCCC1OC(=O)N2c3ccc(C4=CCC(n5nnc(C)c5C)=NC4)cc3CC12. The minimum Gasteiger partial charge on any atom is -0.444 e. The number of aliphatic imine (C=N–C) groups is 1. The first-order valence-electron chi connectivity index (χ1n) is 11.8. The molecular formula is C25H31N5O2. The fourth-order valence-electron chi connectivity index (χ4n) is 5.03. The van der Waals surface area contributed by atoms with Crippen LogP contribution in [0.25, 0.3) is 5.57 Å². The maximum absolute atomic E-state index is 12.6. The number of benzene rings is 1. The molecule has 3 aliphatic rings. The molecule has 0 aliphatic carbocycles. The number of aromatic nitrogens is 3. The lowest BCUT2D eigenvalue weighted by Gasteiger charge is -2.16. The number of anilines is 1. The largest absolute Gasteiger partial charge is 0.444 e. The zero-order chi connectivity index (χ0) is 22.2. The quantitative estimate of drug-likeness (QED) is 0.611. The number of dihydropyridines is 1. The van der Waals surface area contributed by atoms with Crippen LogP contribution >= 0.6 is 0 Å². The predicted molar refractivity (Wildman–Crippen MR) is 125 cm³/mol. The van der Waals surface area contributed by atoms with Crippen LogP contribution in [0.5, 0.6) is 0 Å². The van der Waals surface area contributed by atoms with Crippen LogP contribution in [0.1, 0.15) is 68.0 Å². The Bertz CT molecular complexity index is 1100. The van der Waals surface area contributed by atoms with Crippen molar-refractivity contribution in [2.45, 2.75) is 77.9 Å². The Kier molecular flexibility index (Phi) is 5.57. The molecule has 0 saturated carbocycles. The molecule has 7 nitrogen and oxygen atoms in total. The van der Waals surface area contributed by atoms with Gasteiger partial charge in [0.2, 0.25) is 0 Å². The highest BCUT2D eigenvalue weighted by Crippen LogP contribution is 2.41. The van der Waals surface area contributed by atoms with Crippen molar-refractivity contribution in [3.05, 3.63) is 46.8 Å². The molecule has 0 N–H and O–H groups in total. The van der Waals surface area contributed by atoms with E-state index in [4.69, 9.17) is 9.73 Å². The van der Waals surface area contributed by atoms with Crippen LogP contribution in [-0.4, -0.2) is 45.6 Å². The number of amides is 1. The molecule has 0 radical (unpaired) electrons. The summed E-state index contributed by atoms with van der Waals surface area (Å²) < 4.78 is 7.56. The molecular weight excluding hydrogens is 402 g/mol. The van der Waals surface area contributed by atoms with Gasteiger partial charge in [-0.3, -0.25) is 9.89 Å². The Morgan fingerprint density at radius 3 is 2.78 bits per heavy atom. The Labute approximate surface area is 189 Å². The Morgan fingerprint density at radius 1 is 1.19 bits per heavy atom. The van der Waals surface area contributed by atoms with Gasteiger partial charge >= 0.3 is 6.09 Å². The lowest BCUT2D eigenvalue weighted by Crippen LogP contribution is -2.33.